The van der Waals surface area contributed by atoms with E-state index in [0.29, 0.717) is 5.02 Å². The lowest BCUT2D eigenvalue weighted by atomic mass is 9.81. The summed E-state index contributed by atoms with van der Waals surface area (Å²) in [5, 5.41) is 0.641. The normalized spacial score (nSPS) is 23.3. The molecule has 3 nitrogen and oxygen atoms in total. The SMILES string of the molecule is CC1CCCC(CCn2c(=S)[nH]c3cc(Cl)cnc32)C1. The van der Waals surface area contributed by atoms with E-state index in [1.165, 1.54) is 32.1 Å². The highest BCUT2D eigenvalue weighted by Crippen LogP contribution is 2.31. The van der Waals surface area contributed by atoms with Gasteiger partial charge in [0.25, 0.3) is 0 Å². The predicted molar refractivity (Wildman–Crippen MR) is 85.7 cm³/mol. The summed E-state index contributed by atoms with van der Waals surface area (Å²) in [6.07, 6.45) is 8.36. The molecule has 0 spiro atoms. The van der Waals surface area contributed by atoms with E-state index in [1.807, 2.05) is 6.07 Å². The molecule has 0 amide bonds. The smallest absolute Gasteiger partial charge is 0.179 e. The molecule has 5 heteroatoms. The maximum absolute atomic E-state index is 5.97. The Bertz CT molecular complexity index is 661. The average molecular weight is 310 g/mol. The summed E-state index contributed by atoms with van der Waals surface area (Å²) in [5.41, 5.74) is 1.85. The molecule has 0 aromatic carbocycles. The molecule has 2 heterocycles. The minimum Gasteiger partial charge on any atom is -0.329 e. The second-order valence-electron chi connectivity index (χ2n) is 6.03. The Labute approximate surface area is 129 Å². The van der Waals surface area contributed by atoms with Crippen LogP contribution in [0.2, 0.25) is 5.02 Å². The molecule has 1 fully saturated rings. The van der Waals surface area contributed by atoms with Crippen molar-refractivity contribution < 1.29 is 0 Å². The number of imidazole rings is 1. The van der Waals surface area contributed by atoms with Gasteiger partial charge in [0.15, 0.2) is 10.4 Å². The molecule has 3 rings (SSSR count). The Hall–Kier alpha value is -0.870. The maximum Gasteiger partial charge on any atom is 0.179 e. The molecule has 2 atom stereocenters. The molecule has 20 heavy (non-hydrogen) atoms. The zero-order valence-electron chi connectivity index (χ0n) is 11.7. The van der Waals surface area contributed by atoms with Crippen LogP contribution in [-0.2, 0) is 6.54 Å². The molecule has 2 unspecified atom stereocenters. The van der Waals surface area contributed by atoms with E-state index in [0.717, 1.165) is 34.3 Å². The third kappa shape index (κ3) is 2.91. The zero-order valence-corrected chi connectivity index (χ0v) is 13.3. The number of hydrogen-bond acceptors (Lipinski definition) is 2. The molecule has 0 aliphatic heterocycles. The first kappa shape index (κ1) is 14.1. The van der Waals surface area contributed by atoms with E-state index in [1.54, 1.807) is 6.20 Å². The van der Waals surface area contributed by atoms with Gasteiger partial charge in [-0.15, -0.1) is 0 Å². The molecule has 1 aliphatic carbocycles. The Morgan fingerprint density at radius 2 is 2.35 bits per heavy atom. The van der Waals surface area contributed by atoms with Gasteiger partial charge in [-0.25, -0.2) is 4.98 Å². The van der Waals surface area contributed by atoms with Crippen LogP contribution in [0.25, 0.3) is 11.2 Å². The van der Waals surface area contributed by atoms with Gasteiger partial charge in [0, 0.05) is 12.7 Å². The number of H-pyrrole nitrogens is 1. The first-order valence-electron chi connectivity index (χ1n) is 7.37. The number of nitrogens with one attached hydrogen (secondary N) is 1. The molecule has 0 saturated heterocycles. The Balaban J connectivity index is 1.77. The van der Waals surface area contributed by atoms with Crippen molar-refractivity contribution in [3.63, 3.8) is 0 Å². The van der Waals surface area contributed by atoms with Gasteiger partial charge < -0.3 is 9.55 Å². The number of aromatic amines is 1. The van der Waals surface area contributed by atoms with Crippen molar-refractivity contribution in [2.45, 2.75) is 45.6 Å². The fourth-order valence-electron chi connectivity index (χ4n) is 3.36. The molecule has 1 saturated carbocycles. The molecule has 108 valence electrons. The number of nitrogens with zero attached hydrogens (tertiary/aromatic N) is 2. The third-order valence-corrected chi connectivity index (χ3v) is 4.91. The molecule has 1 aliphatic rings. The van der Waals surface area contributed by atoms with Gasteiger partial charge in [0.2, 0.25) is 0 Å². The van der Waals surface area contributed by atoms with Gasteiger partial charge in [0.05, 0.1) is 10.5 Å². The summed E-state index contributed by atoms with van der Waals surface area (Å²) in [6.45, 7) is 3.32. The molecular weight excluding hydrogens is 290 g/mol. The number of halogens is 1. The highest BCUT2D eigenvalue weighted by Gasteiger charge is 2.19. The van der Waals surface area contributed by atoms with Crippen molar-refractivity contribution in [2.24, 2.45) is 11.8 Å². The van der Waals surface area contributed by atoms with Crippen molar-refractivity contribution in [1.82, 2.24) is 14.5 Å². The lowest BCUT2D eigenvalue weighted by Crippen LogP contribution is -2.15. The summed E-state index contributed by atoms with van der Waals surface area (Å²) >= 11 is 11.4. The standard InChI is InChI=1S/C15H20ClN3S/c1-10-3-2-4-11(7-10)5-6-19-14-13(18-15(19)20)8-12(16)9-17-14/h8-11H,2-7H2,1H3,(H,18,20). The van der Waals surface area contributed by atoms with Crippen molar-refractivity contribution in [3.05, 3.63) is 22.1 Å². The van der Waals surface area contributed by atoms with Crippen LogP contribution in [0.1, 0.15) is 39.0 Å². The molecule has 0 radical (unpaired) electrons. The van der Waals surface area contributed by atoms with E-state index in [4.69, 9.17) is 23.8 Å². The average Bonchev–Trinajstić information content (AvgIpc) is 2.71. The molecule has 0 bridgehead atoms. The number of fused-ring (bicyclic) bond motifs is 1. The fraction of sp³-hybridized carbons (Fsp3) is 0.600. The van der Waals surface area contributed by atoms with E-state index in [-0.39, 0.29) is 0 Å². The van der Waals surface area contributed by atoms with Crippen LogP contribution >= 0.6 is 23.8 Å². The van der Waals surface area contributed by atoms with Gasteiger partial charge in [-0.05, 0) is 43.0 Å². The van der Waals surface area contributed by atoms with Gasteiger partial charge in [-0.2, -0.15) is 0 Å². The second kappa shape index (κ2) is 5.86. The second-order valence-corrected chi connectivity index (χ2v) is 6.86. The van der Waals surface area contributed by atoms with E-state index in [9.17, 15) is 0 Å². The van der Waals surface area contributed by atoms with E-state index < -0.39 is 0 Å². The monoisotopic (exact) mass is 309 g/mol. The van der Waals surface area contributed by atoms with Crippen LogP contribution in [0.5, 0.6) is 0 Å². The molecule has 2 aromatic heterocycles. The van der Waals surface area contributed by atoms with Gasteiger partial charge in [-0.1, -0.05) is 37.8 Å². The number of aromatic nitrogens is 3. The van der Waals surface area contributed by atoms with Crippen LogP contribution in [-0.4, -0.2) is 14.5 Å². The maximum atomic E-state index is 5.97. The first-order valence-corrected chi connectivity index (χ1v) is 8.16. The minimum atomic E-state index is 0.641. The molecule has 1 N–H and O–H groups in total. The quantitative estimate of drug-likeness (QED) is 0.813. The van der Waals surface area contributed by atoms with Crippen LogP contribution < -0.4 is 0 Å². The highest BCUT2D eigenvalue weighted by atomic mass is 35.5. The lowest BCUT2D eigenvalue weighted by molar-refractivity contribution is 0.261. The van der Waals surface area contributed by atoms with Crippen LogP contribution in [0, 0.1) is 16.6 Å². The zero-order chi connectivity index (χ0) is 14.1. The third-order valence-electron chi connectivity index (χ3n) is 4.38. The van der Waals surface area contributed by atoms with Crippen molar-refractivity contribution in [1.29, 1.82) is 0 Å². The predicted octanol–water partition coefficient (Wildman–Crippen LogP) is 4.96. The van der Waals surface area contributed by atoms with Crippen LogP contribution in [0.4, 0.5) is 0 Å². The van der Waals surface area contributed by atoms with Gasteiger partial charge in [-0.3, -0.25) is 0 Å². The summed E-state index contributed by atoms with van der Waals surface area (Å²) in [4.78, 5) is 7.61. The van der Waals surface area contributed by atoms with Crippen LogP contribution in [0.15, 0.2) is 12.3 Å². The number of rotatable bonds is 3. The van der Waals surface area contributed by atoms with Crippen LogP contribution in [0.3, 0.4) is 0 Å². The number of pyridine rings is 1. The molecular formula is C15H20ClN3S. The van der Waals surface area contributed by atoms with Gasteiger partial charge in [0.1, 0.15) is 0 Å². The topological polar surface area (TPSA) is 33.6 Å². The summed E-state index contributed by atoms with van der Waals surface area (Å²) in [6, 6.07) is 1.89. The minimum absolute atomic E-state index is 0.641. The fourth-order valence-corrected chi connectivity index (χ4v) is 3.80. The largest absolute Gasteiger partial charge is 0.329 e. The Kier molecular flexibility index (Phi) is 4.13. The Morgan fingerprint density at radius 3 is 3.15 bits per heavy atom. The number of aryl methyl sites for hydroxylation is 1. The van der Waals surface area contributed by atoms with E-state index >= 15 is 0 Å². The summed E-state index contributed by atoms with van der Waals surface area (Å²) in [5.74, 6) is 1.71. The van der Waals surface area contributed by atoms with Gasteiger partial charge >= 0.3 is 0 Å². The number of hydrogen-bond donors (Lipinski definition) is 1. The van der Waals surface area contributed by atoms with Crippen molar-refractivity contribution in [2.75, 3.05) is 0 Å². The first-order chi connectivity index (χ1) is 9.63. The summed E-state index contributed by atoms with van der Waals surface area (Å²) < 4.78 is 2.86. The Morgan fingerprint density at radius 1 is 1.50 bits per heavy atom. The highest BCUT2D eigenvalue weighted by molar-refractivity contribution is 7.71. The lowest BCUT2D eigenvalue weighted by Gasteiger charge is -2.26. The van der Waals surface area contributed by atoms with E-state index in [2.05, 4.69) is 21.5 Å². The molecule has 2 aromatic rings. The van der Waals surface area contributed by atoms with Crippen molar-refractivity contribution in [3.8, 4) is 0 Å². The van der Waals surface area contributed by atoms with Crippen molar-refractivity contribution >= 4 is 35.0 Å². The summed E-state index contributed by atoms with van der Waals surface area (Å²) in [7, 11) is 0.